The number of anilines is 1. The van der Waals surface area contributed by atoms with Gasteiger partial charge >= 0.3 is 0 Å². The van der Waals surface area contributed by atoms with Crippen LogP contribution in [0.15, 0.2) is 29.8 Å². The van der Waals surface area contributed by atoms with E-state index in [-0.39, 0.29) is 0 Å². The van der Waals surface area contributed by atoms with Crippen LogP contribution < -0.4 is 5.32 Å². The van der Waals surface area contributed by atoms with Crippen LogP contribution in [0.2, 0.25) is 10.0 Å². The highest BCUT2D eigenvalue weighted by Crippen LogP contribution is 2.45. The van der Waals surface area contributed by atoms with Crippen LogP contribution in [0, 0.1) is 11.8 Å². The lowest BCUT2D eigenvalue weighted by atomic mass is 9.68. The minimum atomic E-state index is 0.447. The molecule has 0 amide bonds. The Morgan fingerprint density at radius 1 is 1.07 bits per heavy atom. The molecule has 0 aromatic heterocycles. The van der Waals surface area contributed by atoms with Gasteiger partial charge in [0.05, 0.1) is 6.04 Å². The van der Waals surface area contributed by atoms with Gasteiger partial charge in [-0.05, 0) is 80.9 Å². The Morgan fingerprint density at radius 3 is 2.71 bits per heavy atom. The van der Waals surface area contributed by atoms with Crippen LogP contribution in [-0.2, 0) is 0 Å². The van der Waals surface area contributed by atoms with Crippen LogP contribution in [0.3, 0.4) is 0 Å². The van der Waals surface area contributed by atoms with Crippen LogP contribution in [-0.4, -0.2) is 46.6 Å². The second kappa shape index (κ2) is 7.79. The lowest BCUT2D eigenvalue weighted by molar-refractivity contribution is 0.0132. The molecule has 0 saturated carbocycles. The van der Waals surface area contributed by atoms with Crippen molar-refractivity contribution in [3.63, 3.8) is 0 Å². The van der Waals surface area contributed by atoms with Crippen molar-refractivity contribution in [3.05, 3.63) is 39.9 Å². The molecule has 150 valence electrons. The molecule has 3 fully saturated rings. The van der Waals surface area contributed by atoms with Gasteiger partial charge < -0.3 is 10.2 Å². The van der Waals surface area contributed by atoms with Crippen molar-refractivity contribution in [2.24, 2.45) is 11.8 Å². The molecule has 5 rings (SSSR count). The van der Waals surface area contributed by atoms with E-state index in [1.165, 1.54) is 51.6 Å². The maximum atomic E-state index is 6.17. The van der Waals surface area contributed by atoms with Crippen LogP contribution in [0.4, 0.5) is 5.69 Å². The number of nitrogens with zero attached hydrogens (tertiary/aromatic N) is 2. The van der Waals surface area contributed by atoms with Crippen LogP contribution >= 0.6 is 35.4 Å². The number of hydrogen-bond acceptors (Lipinski definition) is 2. The molecular weight excluding hydrogens is 409 g/mol. The smallest absolute Gasteiger partial charge is 0.173 e. The van der Waals surface area contributed by atoms with Crippen LogP contribution in [0.1, 0.15) is 38.5 Å². The fourth-order valence-corrected chi connectivity index (χ4v) is 6.87. The van der Waals surface area contributed by atoms with Gasteiger partial charge in [-0.2, -0.15) is 0 Å². The molecule has 0 radical (unpaired) electrons. The summed E-state index contributed by atoms with van der Waals surface area (Å²) in [5.74, 6) is 1.43. The number of nitrogens with one attached hydrogen (secondary N) is 1. The van der Waals surface area contributed by atoms with Gasteiger partial charge in [0.1, 0.15) is 0 Å². The monoisotopic (exact) mass is 435 g/mol. The van der Waals surface area contributed by atoms with Gasteiger partial charge in [-0.25, -0.2) is 0 Å². The molecule has 1 N–H and O–H groups in total. The normalized spacial score (nSPS) is 32.2. The van der Waals surface area contributed by atoms with E-state index in [1.807, 2.05) is 12.1 Å². The molecule has 6 heteroatoms. The second-order valence-corrected chi connectivity index (χ2v) is 10.0. The van der Waals surface area contributed by atoms with E-state index in [2.05, 4.69) is 21.2 Å². The summed E-state index contributed by atoms with van der Waals surface area (Å²) < 4.78 is 0. The van der Waals surface area contributed by atoms with E-state index < -0.39 is 0 Å². The number of hydrogen-bond donors (Lipinski definition) is 1. The second-order valence-electron chi connectivity index (χ2n) is 8.79. The Labute approximate surface area is 183 Å². The van der Waals surface area contributed by atoms with E-state index in [0.717, 1.165) is 29.3 Å². The molecule has 0 unspecified atom stereocenters. The van der Waals surface area contributed by atoms with Gasteiger partial charge in [0.15, 0.2) is 5.11 Å². The Bertz CT molecular complexity index is 791. The Morgan fingerprint density at radius 2 is 1.89 bits per heavy atom. The maximum absolute atomic E-state index is 6.17. The molecule has 4 aliphatic rings. The lowest BCUT2D eigenvalue weighted by Crippen LogP contribution is -2.60. The molecule has 3 saturated heterocycles. The first-order chi connectivity index (χ1) is 13.6. The fraction of sp³-hybridized carbons (Fsp3) is 0.591. The molecule has 1 aromatic carbocycles. The predicted octanol–water partition coefficient (Wildman–Crippen LogP) is 5.59. The summed E-state index contributed by atoms with van der Waals surface area (Å²) in [5, 5.41) is 5.46. The van der Waals surface area contributed by atoms with Gasteiger partial charge in [0.25, 0.3) is 0 Å². The predicted molar refractivity (Wildman–Crippen MR) is 121 cm³/mol. The van der Waals surface area contributed by atoms with Crippen molar-refractivity contribution in [2.45, 2.75) is 50.6 Å². The zero-order chi connectivity index (χ0) is 19.3. The fourth-order valence-electron chi connectivity index (χ4n) is 6.02. The number of piperidine rings is 3. The Hall–Kier alpha value is -0.810. The van der Waals surface area contributed by atoms with Gasteiger partial charge in [0.2, 0.25) is 0 Å². The molecular formula is C22H27Cl2N3S. The van der Waals surface area contributed by atoms with E-state index in [0.29, 0.717) is 22.0 Å². The molecule has 2 bridgehead atoms. The Kier molecular flexibility index (Phi) is 5.33. The first-order valence-electron chi connectivity index (χ1n) is 10.6. The zero-order valence-corrected chi connectivity index (χ0v) is 18.4. The summed E-state index contributed by atoms with van der Waals surface area (Å²) in [6.07, 6.45) is 10.5. The quantitative estimate of drug-likeness (QED) is 0.457. The first kappa shape index (κ1) is 19.2. The summed E-state index contributed by atoms with van der Waals surface area (Å²) in [4.78, 5) is 5.21. The van der Waals surface area contributed by atoms with Crippen molar-refractivity contribution < 1.29 is 0 Å². The minimum absolute atomic E-state index is 0.447. The summed E-state index contributed by atoms with van der Waals surface area (Å²) in [6.45, 7) is 3.52. The summed E-state index contributed by atoms with van der Waals surface area (Å²) in [5.41, 5.74) is 2.50. The maximum Gasteiger partial charge on any atom is 0.173 e. The number of fused-ring (bicyclic) bond motifs is 6. The molecule has 1 aliphatic carbocycles. The average Bonchev–Trinajstić information content (AvgIpc) is 2.67. The number of halogens is 2. The summed E-state index contributed by atoms with van der Waals surface area (Å²) >= 11 is 18.2. The highest BCUT2D eigenvalue weighted by Gasteiger charge is 2.46. The molecule has 4 atom stereocenters. The molecule has 0 spiro atoms. The zero-order valence-electron chi connectivity index (χ0n) is 16.0. The number of thiocarbonyl (C=S) groups is 1. The molecule has 1 aromatic rings. The third-order valence-electron chi connectivity index (χ3n) is 7.03. The third kappa shape index (κ3) is 3.58. The van der Waals surface area contributed by atoms with Crippen molar-refractivity contribution in [1.82, 2.24) is 9.80 Å². The third-order valence-corrected chi connectivity index (χ3v) is 7.80. The van der Waals surface area contributed by atoms with Crippen molar-refractivity contribution in [2.75, 3.05) is 25.0 Å². The molecule has 3 aliphatic heterocycles. The van der Waals surface area contributed by atoms with Gasteiger partial charge in [0, 0.05) is 34.9 Å². The van der Waals surface area contributed by atoms with Gasteiger partial charge in [-0.15, -0.1) is 0 Å². The highest BCUT2D eigenvalue weighted by atomic mass is 35.5. The lowest BCUT2D eigenvalue weighted by Gasteiger charge is -2.55. The average molecular weight is 436 g/mol. The van der Waals surface area contributed by atoms with Gasteiger partial charge in [-0.3, -0.25) is 4.90 Å². The van der Waals surface area contributed by atoms with Gasteiger partial charge in [-0.1, -0.05) is 41.3 Å². The van der Waals surface area contributed by atoms with E-state index in [1.54, 1.807) is 11.6 Å². The van der Waals surface area contributed by atoms with E-state index in [4.69, 9.17) is 35.4 Å². The number of likely N-dealkylation sites (tertiary alicyclic amines) is 1. The summed E-state index contributed by atoms with van der Waals surface area (Å²) in [7, 11) is 0. The SMILES string of the molecule is S=C(Nc1cc(Cl)cc(Cl)c1)N1CCCC2=C[C@@H]3C[C@H](CN4CCCC[C@H]34)[C@@H]21. The van der Waals surface area contributed by atoms with Crippen LogP contribution in [0.5, 0.6) is 0 Å². The molecule has 28 heavy (non-hydrogen) atoms. The first-order valence-corrected chi connectivity index (χ1v) is 11.7. The number of rotatable bonds is 1. The topological polar surface area (TPSA) is 18.5 Å². The van der Waals surface area contributed by atoms with E-state index in [9.17, 15) is 0 Å². The minimum Gasteiger partial charge on any atom is -0.342 e. The number of benzene rings is 1. The standard InChI is InChI=1S/C22H27Cl2N3S/c23-17-10-18(24)12-19(11-17)25-22(28)27-7-3-4-14-8-15-9-16(21(14)27)13-26-6-2-1-5-20(15)26/h8,10-12,15-16,20-21H,1-7,9,13H2,(H,25,28)/t15-,16-,20-,21-/m1/s1. The van der Waals surface area contributed by atoms with Crippen molar-refractivity contribution >= 4 is 46.2 Å². The highest BCUT2D eigenvalue weighted by molar-refractivity contribution is 7.80. The van der Waals surface area contributed by atoms with Crippen LogP contribution in [0.25, 0.3) is 0 Å². The summed E-state index contributed by atoms with van der Waals surface area (Å²) in [6, 6.07) is 6.75. The Balaban J connectivity index is 1.39. The largest absolute Gasteiger partial charge is 0.342 e. The van der Waals surface area contributed by atoms with Crippen molar-refractivity contribution in [3.8, 4) is 0 Å². The van der Waals surface area contributed by atoms with E-state index >= 15 is 0 Å². The molecule has 3 heterocycles. The van der Waals surface area contributed by atoms with Crippen molar-refractivity contribution in [1.29, 1.82) is 0 Å². The molecule has 3 nitrogen and oxygen atoms in total.